The van der Waals surface area contributed by atoms with Crippen LogP contribution in [0, 0.1) is 0 Å². The Kier molecular flexibility index (Phi) is 3.90. The molecule has 1 aliphatic rings. The van der Waals surface area contributed by atoms with Crippen molar-refractivity contribution in [1.29, 1.82) is 0 Å². The Morgan fingerprint density at radius 2 is 2.00 bits per heavy atom. The van der Waals surface area contributed by atoms with Gasteiger partial charge in [0.25, 0.3) is 5.91 Å². The van der Waals surface area contributed by atoms with Gasteiger partial charge in [-0.2, -0.15) is 0 Å². The Hall–Kier alpha value is -3.21. The van der Waals surface area contributed by atoms with E-state index in [1.54, 1.807) is 30.7 Å². The molecule has 1 aliphatic heterocycles. The molecule has 124 valence electrons. The smallest absolute Gasteiger partial charge is 0.257 e. The standard InChI is InChI=1S/C20H18N4O/c1-14-11-15-5-2-3-7-18(15)24(14)19-9-8-17(13-22-19)23-20(25)16-6-4-10-21-12-16/h2-10,12-14H,11H2,1H3,(H,23,25). The van der Waals surface area contributed by atoms with Crippen LogP contribution >= 0.6 is 0 Å². The number of benzene rings is 1. The zero-order valence-corrected chi connectivity index (χ0v) is 13.9. The van der Waals surface area contributed by atoms with Gasteiger partial charge in [0.05, 0.1) is 17.4 Å². The first kappa shape index (κ1) is 15.3. The normalized spacial score (nSPS) is 15.7. The zero-order valence-electron chi connectivity index (χ0n) is 13.9. The molecule has 5 heteroatoms. The van der Waals surface area contributed by atoms with Crippen LogP contribution in [0.3, 0.4) is 0 Å². The number of amides is 1. The summed E-state index contributed by atoms with van der Waals surface area (Å²) >= 11 is 0. The minimum absolute atomic E-state index is 0.192. The molecule has 1 atom stereocenters. The molecule has 0 spiro atoms. The molecule has 0 fully saturated rings. The van der Waals surface area contributed by atoms with Gasteiger partial charge in [-0.25, -0.2) is 4.98 Å². The van der Waals surface area contributed by atoms with Crippen LogP contribution < -0.4 is 10.2 Å². The van der Waals surface area contributed by atoms with Crippen molar-refractivity contribution in [2.45, 2.75) is 19.4 Å². The SMILES string of the molecule is CC1Cc2ccccc2N1c1ccc(NC(=O)c2cccnc2)cn1. The molecule has 0 saturated heterocycles. The number of hydrogen-bond donors (Lipinski definition) is 1. The number of fused-ring (bicyclic) bond motifs is 1. The van der Waals surface area contributed by atoms with Crippen molar-refractivity contribution in [3.8, 4) is 0 Å². The molecule has 0 saturated carbocycles. The molecule has 3 heterocycles. The maximum atomic E-state index is 12.2. The average molecular weight is 330 g/mol. The third-order valence-electron chi connectivity index (χ3n) is 4.38. The first-order chi connectivity index (χ1) is 12.2. The minimum atomic E-state index is -0.192. The molecule has 1 aromatic carbocycles. The van der Waals surface area contributed by atoms with Crippen LogP contribution in [0.4, 0.5) is 17.2 Å². The number of para-hydroxylation sites is 1. The molecule has 25 heavy (non-hydrogen) atoms. The predicted molar refractivity (Wildman–Crippen MR) is 98.2 cm³/mol. The van der Waals surface area contributed by atoms with E-state index in [2.05, 4.69) is 45.3 Å². The zero-order chi connectivity index (χ0) is 17.2. The Bertz CT molecular complexity index is 893. The van der Waals surface area contributed by atoms with Gasteiger partial charge in [0.1, 0.15) is 5.82 Å². The lowest BCUT2D eigenvalue weighted by molar-refractivity contribution is 0.102. The second-order valence-corrected chi connectivity index (χ2v) is 6.15. The van der Waals surface area contributed by atoms with E-state index in [-0.39, 0.29) is 5.91 Å². The highest BCUT2D eigenvalue weighted by molar-refractivity contribution is 6.03. The highest BCUT2D eigenvalue weighted by atomic mass is 16.1. The summed E-state index contributed by atoms with van der Waals surface area (Å²) in [5.74, 6) is 0.694. The Balaban J connectivity index is 1.54. The van der Waals surface area contributed by atoms with Gasteiger partial charge < -0.3 is 10.2 Å². The summed E-state index contributed by atoms with van der Waals surface area (Å²) in [6.07, 6.45) is 5.89. The number of nitrogens with one attached hydrogen (secondary N) is 1. The van der Waals surface area contributed by atoms with Gasteiger partial charge in [-0.05, 0) is 49.2 Å². The maximum absolute atomic E-state index is 12.2. The first-order valence-electron chi connectivity index (χ1n) is 8.27. The van der Waals surface area contributed by atoms with E-state index in [0.29, 0.717) is 17.3 Å². The van der Waals surface area contributed by atoms with Crippen LogP contribution in [-0.2, 0) is 6.42 Å². The van der Waals surface area contributed by atoms with Gasteiger partial charge in [-0.15, -0.1) is 0 Å². The topological polar surface area (TPSA) is 58.1 Å². The van der Waals surface area contributed by atoms with E-state index in [1.165, 1.54) is 11.3 Å². The van der Waals surface area contributed by atoms with Crippen molar-refractivity contribution in [2.75, 3.05) is 10.2 Å². The number of pyridine rings is 2. The van der Waals surface area contributed by atoms with E-state index < -0.39 is 0 Å². The summed E-state index contributed by atoms with van der Waals surface area (Å²) in [5.41, 5.74) is 3.73. The van der Waals surface area contributed by atoms with Crippen LogP contribution in [0.5, 0.6) is 0 Å². The van der Waals surface area contributed by atoms with Crippen LogP contribution in [0.1, 0.15) is 22.8 Å². The van der Waals surface area contributed by atoms with Crippen molar-refractivity contribution in [1.82, 2.24) is 9.97 Å². The fourth-order valence-corrected chi connectivity index (χ4v) is 3.22. The van der Waals surface area contributed by atoms with E-state index in [1.807, 2.05) is 18.2 Å². The molecular formula is C20H18N4O. The molecule has 3 aromatic rings. The maximum Gasteiger partial charge on any atom is 0.257 e. The number of rotatable bonds is 3. The lowest BCUT2D eigenvalue weighted by Crippen LogP contribution is -2.24. The number of aromatic nitrogens is 2. The van der Waals surface area contributed by atoms with Crippen LogP contribution in [-0.4, -0.2) is 21.9 Å². The Labute approximate surface area is 146 Å². The van der Waals surface area contributed by atoms with E-state index in [4.69, 9.17) is 0 Å². The quantitative estimate of drug-likeness (QED) is 0.793. The fourth-order valence-electron chi connectivity index (χ4n) is 3.22. The molecule has 5 nitrogen and oxygen atoms in total. The van der Waals surface area contributed by atoms with Gasteiger partial charge >= 0.3 is 0 Å². The molecule has 0 aliphatic carbocycles. The molecule has 1 N–H and O–H groups in total. The highest BCUT2D eigenvalue weighted by Gasteiger charge is 2.27. The number of nitrogens with zero attached hydrogens (tertiary/aromatic N) is 3. The van der Waals surface area contributed by atoms with Gasteiger partial charge in [-0.1, -0.05) is 18.2 Å². The summed E-state index contributed by atoms with van der Waals surface area (Å²) in [4.78, 5) is 22.9. The van der Waals surface area contributed by atoms with E-state index in [9.17, 15) is 4.79 Å². The van der Waals surface area contributed by atoms with Gasteiger partial charge in [0.15, 0.2) is 0 Å². The monoisotopic (exact) mass is 330 g/mol. The summed E-state index contributed by atoms with van der Waals surface area (Å²) in [6.45, 7) is 2.19. The largest absolute Gasteiger partial charge is 0.323 e. The predicted octanol–water partition coefficient (Wildman–Crippen LogP) is 3.81. The van der Waals surface area contributed by atoms with E-state index in [0.717, 1.165) is 12.2 Å². The number of carbonyl (C=O) groups is 1. The second kappa shape index (κ2) is 6.36. The highest BCUT2D eigenvalue weighted by Crippen LogP contribution is 2.37. The molecule has 0 bridgehead atoms. The van der Waals surface area contributed by atoms with Crippen LogP contribution in [0.2, 0.25) is 0 Å². The lowest BCUT2D eigenvalue weighted by Gasteiger charge is -2.24. The summed E-state index contributed by atoms with van der Waals surface area (Å²) < 4.78 is 0. The number of anilines is 3. The van der Waals surface area contributed by atoms with Crippen molar-refractivity contribution < 1.29 is 4.79 Å². The lowest BCUT2D eigenvalue weighted by atomic mass is 10.1. The molecule has 1 amide bonds. The third kappa shape index (κ3) is 2.96. The number of carbonyl (C=O) groups excluding carboxylic acids is 1. The summed E-state index contributed by atoms with van der Waals surface area (Å²) in [5, 5.41) is 2.85. The van der Waals surface area contributed by atoms with Gasteiger partial charge in [0.2, 0.25) is 0 Å². The second-order valence-electron chi connectivity index (χ2n) is 6.15. The van der Waals surface area contributed by atoms with Crippen LogP contribution in [0.25, 0.3) is 0 Å². The fraction of sp³-hybridized carbons (Fsp3) is 0.150. The van der Waals surface area contributed by atoms with Gasteiger partial charge in [0, 0.05) is 24.1 Å². The first-order valence-corrected chi connectivity index (χ1v) is 8.27. The average Bonchev–Trinajstić information content (AvgIpc) is 2.99. The molecule has 4 rings (SSSR count). The van der Waals surface area contributed by atoms with Crippen molar-refractivity contribution >= 4 is 23.1 Å². The van der Waals surface area contributed by atoms with Crippen molar-refractivity contribution in [2.24, 2.45) is 0 Å². The Morgan fingerprint density at radius 1 is 1.12 bits per heavy atom. The molecule has 0 radical (unpaired) electrons. The summed E-state index contributed by atoms with van der Waals surface area (Å²) in [7, 11) is 0. The van der Waals surface area contributed by atoms with Crippen molar-refractivity contribution in [3.63, 3.8) is 0 Å². The molecule has 2 aromatic heterocycles. The van der Waals surface area contributed by atoms with Crippen LogP contribution in [0.15, 0.2) is 67.1 Å². The third-order valence-corrected chi connectivity index (χ3v) is 4.38. The van der Waals surface area contributed by atoms with Crippen molar-refractivity contribution in [3.05, 3.63) is 78.2 Å². The minimum Gasteiger partial charge on any atom is -0.323 e. The molecular weight excluding hydrogens is 312 g/mol. The Morgan fingerprint density at radius 3 is 2.76 bits per heavy atom. The molecule has 1 unspecified atom stereocenters. The van der Waals surface area contributed by atoms with Gasteiger partial charge in [-0.3, -0.25) is 9.78 Å². The summed E-state index contributed by atoms with van der Waals surface area (Å²) in [6, 6.07) is 16.1. The van der Waals surface area contributed by atoms with E-state index >= 15 is 0 Å². The number of hydrogen-bond acceptors (Lipinski definition) is 4.